The molecule has 1 amide bonds. The number of carbonyl (C=O) groups excluding carboxylic acids is 1. The first-order valence-electron chi connectivity index (χ1n) is 7.24. The first-order valence-corrected chi connectivity index (χ1v) is 7.24. The molecule has 104 valence electrons. The van der Waals surface area contributed by atoms with E-state index < -0.39 is 0 Å². The second-order valence-corrected chi connectivity index (χ2v) is 5.60. The SMILES string of the molecule is CC(C)C(=O)NCCNCc1ccccc1C1CC1. The maximum Gasteiger partial charge on any atom is 0.222 e. The minimum atomic E-state index is 0.0654. The van der Waals surface area contributed by atoms with Crippen LogP contribution in [0.5, 0.6) is 0 Å². The molecule has 3 nitrogen and oxygen atoms in total. The molecule has 3 heteroatoms. The topological polar surface area (TPSA) is 41.1 Å². The molecule has 0 aromatic heterocycles. The number of amides is 1. The smallest absolute Gasteiger partial charge is 0.222 e. The van der Waals surface area contributed by atoms with Crippen molar-refractivity contribution in [2.24, 2.45) is 5.92 Å². The van der Waals surface area contributed by atoms with Gasteiger partial charge in [-0.25, -0.2) is 0 Å². The third-order valence-electron chi connectivity index (χ3n) is 3.51. The maximum atomic E-state index is 11.4. The molecule has 0 bridgehead atoms. The van der Waals surface area contributed by atoms with Gasteiger partial charge in [0.2, 0.25) is 5.91 Å². The van der Waals surface area contributed by atoms with Crippen LogP contribution in [0.2, 0.25) is 0 Å². The zero-order chi connectivity index (χ0) is 13.7. The van der Waals surface area contributed by atoms with Gasteiger partial charge in [0.05, 0.1) is 0 Å². The van der Waals surface area contributed by atoms with E-state index >= 15 is 0 Å². The largest absolute Gasteiger partial charge is 0.355 e. The molecule has 2 rings (SSSR count). The first kappa shape index (κ1) is 14.1. The van der Waals surface area contributed by atoms with Gasteiger partial charge in [0.1, 0.15) is 0 Å². The van der Waals surface area contributed by atoms with Crippen molar-refractivity contribution in [2.45, 2.75) is 39.2 Å². The van der Waals surface area contributed by atoms with Crippen molar-refractivity contribution >= 4 is 5.91 Å². The number of nitrogens with one attached hydrogen (secondary N) is 2. The molecule has 1 fully saturated rings. The van der Waals surface area contributed by atoms with Crippen LogP contribution in [-0.4, -0.2) is 19.0 Å². The summed E-state index contributed by atoms with van der Waals surface area (Å²) in [6, 6.07) is 8.67. The van der Waals surface area contributed by atoms with Crippen LogP contribution in [0.1, 0.15) is 43.7 Å². The van der Waals surface area contributed by atoms with Gasteiger partial charge in [-0.05, 0) is 29.9 Å². The van der Waals surface area contributed by atoms with E-state index in [4.69, 9.17) is 0 Å². The van der Waals surface area contributed by atoms with Crippen LogP contribution in [0.4, 0.5) is 0 Å². The van der Waals surface area contributed by atoms with Gasteiger partial charge in [0.15, 0.2) is 0 Å². The molecule has 1 saturated carbocycles. The van der Waals surface area contributed by atoms with Crippen molar-refractivity contribution in [3.63, 3.8) is 0 Å². The minimum absolute atomic E-state index is 0.0654. The Bertz CT molecular complexity index is 425. The van der Waals surface area contributed by atoms with Crippen molar-refractivity contribution in [2.75, 3.05) is 13.1 Å². The first-order chi connectivity index (χ1) is 9.18. The van der Waals surface area contributed by atoms with Gasteiger partial charge in [-0.3, -0.25) is 4.79 Å². The molecule has 1 aliphatic rings. The Labute approximate surface area is 115 Å². The summed E-state index contributed by atoms with van der Waals surface area (Å²) in [7, 11) is 0. The lowest BCUT2D eigenvalue weighted by atomic mass is 10.0. The van der Waals surface area contributed by atoms with E-state index in [1.54, 1.807) is 0 Å². The second kappa shape index (κ2) is 6.71. The molecular weight excluding hydrogens is 236 g/mol. The van der Waals surface area contributed by atoms with Crippen LogP contribution >= 0.6 is 0 Å². The van der Waals surface area contributed by atoms with E-state index in [9.17, 15) is 4.79 Å². The molecule has 0 spiro atoms. The van der Waals surface area contributed by atoms with Gasteiger partial charge in [-0.2, -0.15) is 0 Å². The molecule has 1 aromatic carbocycles. The molecule has 2 N–H and O–H groups in total. The van der Waals surface area contributed by atoms with E-state index in [2.05, 4.69) is 34.9 Å². The summed E-state index contributed by atoms with van der Waals surface area (Å²) in [6.07, 6.45) is 2.67. The molecular formula is C16H24N2O. The number of benzene rings is 1. The van der Waals surface area contributed by atoms with Crippen LogP contribution in [0.3, 0.4) is 0 Å². The lowest BCUT2D eigenvalue weighted by Gasteiger charge is -2.11. The number of carbonyl (C=O) groups is 1. The Hall–Kier alpha value is -1.35. The van der Waals surface area contributed by atoms with E-state index in [1.165, 1.54) is 24.0 Å². The van der Waals surface area contributed by atoms with Gasteiger partial charge in [0.25, 0.3) is 0 Å². The summed E-state index contributed by atoms with van der Waals surface area (Å²) < 4.78 is 0. The third-order valence-corrected chi connectivity index (χ3v) is 3.51. The van der Waals surface area contributed by atoms with Crippen molar-refractivity contribution in [1.29, 1.82) is 0 Å². The molecule has 0 unspecified atom stereocenters. The lowest BCUT2D eigenvalue weighted by Crippen LogP contribution is -2.34. The van der Waals surface area contributed by atoms with E-state index in [-0.39, 0.29) is 11.8 Å². The Morgan fingerprint density at radius 3 is 2.68 bits per heavy atom. The quantitative estimate of drug-likeness (QED) is 0.739. The monoisotopic (exact) mass is 260 g/mol. The highest BCUT2D eigenvalue weighted by Gasteiger charge is 2.25. The molecule has 0 radical (unpaired) electrons. The average molecular weight is 260 g/mol. The number of hydrogen-bond donors (Lipinski definition) is 2. The molecule has 19 heavy (non-hydrogen) atoms. The standard InChI is InChI=1S/C16H24N2O/c1-12(2)16(19)18-10-9-17-11-14-5-3-4-6-15(14)13-7-8-13/h3-6,12-13,17H,7-11H2,1-2H3,(H,18,19). The maximum absolute atomic E-state index is 11.4. The summed E-state index contributed by atoms with van der Waals surface area (Å²) in [5, 5.41) is 6.32. The van der Waals surface area contributed by atoms with Gasteiger partial charge >= 0.3 is 0 Å². The van der Waals surface area contributed by atoms with Crippen molar-refractivity contribution in [1.82, 2.24) is 10.6 Å². The molecule has 0 aliphatic heterocycles. The summed E-state index contributed by atoms with van der Waals surface area (Å²) >= 11 is 0. The predicted molar refractivity (Wildman–Crippen MR) is 78.0 cm³/mol. The molecule has 0 saturated heterocycles. The number of hydrogen-bond acceptors (Lipinski definition) is 2. The molecule has 0 heterocycles. The summed E-state index contributed by atoms with van der Waals surface area (Å²) in [5.74, 6) is 0.981. The van der Waals surface area contributed by atoms with Crippen LogP contribution in [0.15, 0.2) is 24.3 Å². The zero-order valence-electron chi connectivity index (χ0n) is 11.9. The third kappa shape index (κ3) is 4.35. The van der Waals surface area contributed by atoms with Gasteiger partial charge < -0.3 is 10.6 Å². The lowest BCUT2D eigenvalue weighted by molar-refractivity contribution is -0.123. The minimum Gasteiger partial charge on any atom is -0.355 e. The normalized spacial score (nSPS) is 14.7. The fourth-order valence-corrected chi connectivity index (χ4v) is 2.19. The Morgan fingerprint density at radius 2 is 2.00 bits per heavy atom. The Morgan fingerprint density at radius 1 is 1.26 bits per heavy atom. The second-order valence-electron chi connectivity index (χ2n) is 5.60. The van der Waals surface area contributed by atoms with E-state index in [0.29, 0.717) is 6.54 Å². The van der Waals surface area contributed by atoms with Gasteiger partial charge in [-0.15, -0.1) is 0 Å². The van der Waals surface area contributed by atoms with Gasteiger partial charge in [0, 0.05) is 25.6 Å². The highest BCUT2D eigenvalue weighted by Crippen LogP contribution is 2.41. The molecule has 0 atom stereocenters. The molecule has 1 aliphatic carbocycles. The summed E-state index contributed by atoms with van der Waals surface area (Å²) in [4.78, 5) is 11.4. The van der Waals surface area contributed by atoms with Crippen LogP contribution in [-0.2, 0) is 11.3 Å². The van der Waals surface area contributed by atoms with Crippen molar-refractivity contribution in [3.05, 3.63) is 35.4 Å². The highest BCUT2D eigenvalue weighted by molar-refractivity contribution is 5.77. The van der Waals surface area contributed by atoms with E-state index in [1.807, 2.05) is 13.8 Å². The Balaban J connectivity index is 1.70. The van der Waals surface area contributed by atoms with Crippen molar-refractivity contribution in [3.8, 4) is 0 Å². The fraction of sp³-hybridized carbons (Fsp3) is 0.562. The van der Waals surface area contributed by atoms with Crippen LogP contribution in [0, 0.1) is 5.92 Å². The summed E-state index contributed by atoms with van der Waals surface area (Å²) in [5.41, 5.74) is 2.90. The van der Waals surface area contributed by atoms with Crippen molar-refractivity contribution < 1.29 is 4.79 Å². The molecule has 1 aromatic rings. The highest BCUT2D eigenvalue weighted by atomic mass is 16.1. The van der Waals surface area contributed by atoms with E-state index in [0.717, 1.165) is 19.0 Å². The van der Waals surface area contributed by atoms with Crippen LogP contribution in [0.25, 0.3) is 0 Å². The van der Waals surface area contributed by atoms with Gasteiger partial charge in [-0.1, -0.05) is 38.1 Å². The predicted octanol–water partition coefficient (Wildman–Crippen LogP) is 2.43. The average Bonchev–Trinajstić information content (AvgIpc) is 3.22. The summed E-state index contributed by atoms with van der Waals surface area (Å²) in [6.45, 7) is 6.23. The van der Waals surface area contributed by atoms with Crippen LogP contribution < -0.4 is 10.6 Å². The zero-order valence-corrected chi connectivity index (χ0v) is 11.9. The number of rotatable bonds is 7. The fourth-order valence-electron chi connectivity index (χ4n) is 2.19. The Kier molecular flexibility index (Phi) is 4.97.